The minimum atomic E-state index is 0.145. The second-order valence-corrected chi connectivity index (χ2v) is 4.48. The highest BCUT2D eigenvalue weighted by atomic mass is 16.1. The van der Waals surface area contributed by atoms with Crippen LogP contribution < -0.4 is 0 Å². The molecule has 1 aliphatic rings. The number of hydrogen-bond acceptors (Lipinski definition) is 1. The van der Waals surface area contributed by atoms with Crippen LogP contribution in [0, 0.1) is 0 Å². The minimum absolute atomic E-state index is 0.145. The summed E-state index contributed by atoms with van der Waals surface area (Å²) in [6.45, 7) is 0. The summed E-state index contributed by atoms with van der Waals surface area (Å²) >= 11 is 0. The molecule has 0 heterocycles. The van der Waals surface area contributed by atoms with Gasteiger partial charge in [-0.2, -0.15) is 0 Å². The van der Waals surface area contributed by atoms with E-state index in [9.17, 15) is 4.79 Å². The highest BCUT2D eigenvalue weighted by Crippen LogP contribution is 2.35. The van der Waals surface area contributed by atoms with Crippen LogP contribution >= 0.6 is 0 Å². The zero-order valence-corrected chi connectivity index (χ0v) is 9.15. The lowest BCUT2D eigenvalue weighted by atomic mass is 9.92. The summed E-state index contributed by atoms with van der Waals surface area (Å²) in [5, 5.41) is 2.48. The smallest absolute Gasteiger partial charge is 0.140 e. The van der Waals surface area contributed by atoms with Crippen molar-refractivity contribution in [2.45, 2.75) is 25.2 Å². The molecule has 0 amide bonds. The van der Waals surface area contributed by atoms with Gasteiger partial charge in [0.15, 0.2) is 0 Å². The lowest BCUT2D eigenvalue weighted by Crippen LogP contribution is -2.04. The van der Waals surface area contributed by atoms with E-state index in [0.29, 0.717) is 5.78 Å². The molecule has 0 aromatic heterocycles. The van der Waals surface area contributed by atoms with Gasteiger partial charge in [-0.25, -0.2) is 0 Å². The van der Waals surface area contributed by atoms with Crippen LogP contribution in [0.15, 0.2) is 42.5 Å². The van der Waals surface area contributed by atoms with E-state index < -0.39 is 0 Å². The second-order valence-electron chi connectivity index (χ2n) is 4.48. The number of Topliss-reactive ketones (excluding diaryl/α,β-unsaturated/α-hetero) is 1. The third kappa shape index (κ3) is 1.44. The summed E-state index contributed by atoms with van der Waals surface area (Å²) in [4.78, 5) is 11.8. The number of fused-ring (bicyclic) bond motifs is 1. The first kappa shape index (κ1) is 9.59. The number of ketones is 1. The molecule has 1 atom stereocenters. The Bertz CT molecular complexity index is 537. The summed E-state index contributed by atoms with van der Waals surface area (Å²) in [6.07, 6.45) is 2.83. The maximum Gasteiger partial charge on any atom is 0.140 e. The molecule has 1 heteroatoms. The first-order chi connectivity index (χ1) is 7.86. The quantitative estimate of drug-likeness (QED) is 0.701. The molecule has 1 nitrogen and oxygen atoms in total. The highest BCUT2D eigenvalue weighted by molar-refractivity contribution is 5.94. The Morgan fingerprint density at radius 2 is 1.81 bits per heavy atom. The summed E-state index contributed by atoms with van der Waals surface area (Å²) in [7, 11) is 0. The summed E-state index contributed by atoms with van der Waals surface area (Å²) in [5.41, 5.74) is 1.22. The van der Waals surface area contributed by atoms with Gasteiger partial charge in [-0.3, -0.25) is 4.79 Å². The third-order valence-electron chi connectivity index (χ3n) is 3.50. The maximum absolute atomic E-state index is 11.8. The van der Waals surface area contributed by atoms with Gasteiger partial charge in [-0.1, -0.05) is 42.5 Å². The van der Waals surface area contributed by atoms with E-state index in [4.69, 9.17) is 0 Å². The molecule has 1 fully saturated rings. The lowest BCUT2D eigenvalue weighted by molar-refractivity contribution is -0.118. The van der Waals surface area contributed by atoms with E-state index >= 15 is 0 Å². The molecule has 80 valence electrons. The standard InChI is InChI=1S/C15H14O/c16-15-10-4-9-14(15)13-8-3-6-11-5-1-2-7-12(11)13/h1-3,5-8,14H,4,9-10H2. The van der Waals surface area contributed by atoms with Crippen molar-refractivity contribution in [3.63, 3.8) is 0 Å². The van der Waals surface area contributed by atoms with Gasteiger partial charge in [0.25, 0.3) is 0 Å². The van der Waals surface area contributed by atoms with Crippen LogP contribution in [0.1, 0.15) is 30.7 Å². The van der Waals surface area contributed by atoms with Crippen molar-refractivity contribution in [2.75, 3.05) is 0 Å². The van der Waals surface area contributed by atoms with Crippen molar-refractivity contribution < 1.29 is 4.79 Å². The van der Waals surface area contributed by atoms with Crippen molar-refractivity contribution in [1.29, 1.82) is 0 Å². The summed E-state index contributed by atoms with van der Waals surface area (Å²) in [5.74, 6) is 0.558. The van der Waals surface area contributed by atoms with Gasteiger partial charge in [0.05, 0.1) is 0 Å². The van der Waals surface area contributed by atoms with Crippen LogP contribution in [0.25, 0.3) is 10.8 Å². The predicted molar refractivity (Wildman–Crippen MR) is 65.5 cm³/mol. The zero-order chi connectivity index (χ0) is 11.0. The largest absolute Gasteiger partial charge is 0.299 e. The molecule has 0 spiro atoms. The van der Waals surface area contributed by atoms with Gasteiger partial charge >= 0.3 is 0 Å². The Balaban J connectivity index is 2.19. The van der Waals surface area contributed by atoms with Crippen LogP contribution in [0.2, 0.25) is 0 Å². The number of benzene rings is 2. The monoisotopic (exact) mass is 210 g/mol. The Kier molecular flexibility index (Phi) is 2.24. The average Bonchev–Trinajstić information content (AvgIpc) is 2.75. The molecule has 0 N–H and O–H groups in total. The maximum atomic E-state index is 11.8. The van der Waals surface area contributed by atoms with Crippen molar-refractivity contribution in [1.82, 2.24) is 0 Å². The molecule has 2 aromatic rings. The second kappa shape index (κ2) is 3.75. The Hall–Kier alpha value is -1.63. The molecule has 1 saturated carbocycles. The third-order valence-corrected chi connectivity index (χ3v) is 3.50. The molecular weight excluding hydrogens is 196 g/mol. The molecule has 0 saturated heterocycles. The topological polar surface area (TPSA) is 17.1 Å². The molecule has 1 unspecified atom stereocenters. The van der Waals surface area contributed by atoms with Crippen LogP contribution in [0.4, 0.5) is 0 Å². The first-order valence-electron chi connectivity index (χ1n) is 5.86. The number of carbonyl (C=O) groups excluding carboxylic acids is 1. The number of rotatable bonds is 1. The fraction of sp³-hybridized carbons (Fsp3) is 0.267. The van der Waals surface area contributed by atoms with Crippen LogP contribution in [0.5, 0.6) is 0 Å². The normalized spacial score (nSPS) is 20.5. The van der Waals surface area contributed by atoms with Crippen molar-refractivity contribution in [2.24, 2.45) is 0 Å². The minimum Gasteiger partial charge on any atom is -0.299 e. The lowest BCUT2D eigenvalue weighted by Gasteiger charge is -2.11. The van der Waals surface area contributed by atoms with Gasteiger partial charge in [-0.15, -0.1) is 0 Å². The SMILES string of the molecule is O=C1CCCC1c1cccc2ccccc12. The number of hydrogen-bond donors (Lipinski definition) is 0. The van der Waals surface area contributed by atoms with Crippen molar-refractivity contribution in [3.8, 4) is 0 Å². The van der Waals surface area contributed by atoms with E-state index in [1.807, 2.05) is 12.1 Å². The van der Waals surface area contributed by atoms with Crippen molar-refractivity contribution in [3.05, 3.63) is 48.0 Å². The van der Waals surface area contributed by atoms with Crippen LogP contribution in [0.3, 0.4) is 0 Å². The molecule has 3 rings (SSSR count). The van der Waals surface area contributed by atoms with Crippen molar-refractivity contribution >= 4 is 16.6 Å². The van der Waals surface area contributed by atoms with E-state index in [2.05, 4.69) is 30.3 Å². The molecule has 0 bridgehead atoms. The molecule has 0 aliphatic heterocycles. The Morgan fingerprint density at radius 3 is 2.62 bits per heavy atom. The fourth-order valence-electron chi connectivity index (χ4n) is 2.70. The highest BCUT2D eigenvalue weighted by Gasteiger charge is 2.26. The summed E-state index contributed by atoms with van der Waals surface area (Å²) < 4.78 is 0. The van der Waals surface area contributed by atoms with Gasteiger partial charge in [0, 0.05) is 12.3 Å². The van der Waals surface area contributed by atoms with Gasteiger partial charge < -0.3 is 0 Å². The molecule has 0 radical (unpaired) electrons. The Morgan fingerprint density at radius 1 is 1.00 bits per heavy atom. The molecular formula is C15H14O. The predicted octanol–water partition coefficient (Wildman–Crippen LogP) is 3.68. The number of carbonyl (C=O) groups is 1. The van der Waals surface area contributed by atoms with Gasteiger partial charge in [-0.05, 0) is 29.2 Å². The van der Waals surface area contributed by atoms with Gasteiger partial charge in [0.1, 0.15) is 5.78 Å². The summed E-state index contributed by atoms with van der Waals surface area (Å²) in [6, 6.07) is 14.6. The van der Waals surface area contributed by atoms with E-state index in [1.165, 1.54) is 16.3 Å². The molecule has 2 aromatic carbocycles. The zero-order valence-electron chi connectivity index (χ0n) is 9.15. The van der Waals surface area contributed by atoms with Crippen LogP contribution in [-0.2, 0) is 4.79 Å². The fourth-order valence-corrected chi connectivity index (χ4v) is 2.70. The van der Waals surface area contributed by atoms with Crippen LogP contribution in [-0.4, -0.2) is 5.78 Å². The van der Waals surface area contributed by atoms with Gasteiger partial charge in [0.2, 0.25) is 0 Å². The first-order valence-corrected chi connectivity index (χ1v) is 5.86. The van der Waals surface area contributed by atoms with E-state index in [0.717, 1.165) is 19.3 Å². The van der Waals surface area contributed by atoms with E-state index in [1.54, 1.807) is 0 Å². The molecule has 16 heavy (non-hydrogen) atoms. The average molecular weight is 210 g/mol. The molecule has 1 aliphatic carbocycles. The van der Waals surface area contributed by atoms with E-state index in [-0.39, 0.29) is 5.92 Å². The Labute approximate surface area is 95.1 Å².